The molecule has 2 unspecified atom stereocenters. The minimum Gasteiger partial charge on any atom is -0.278 e. The number of allylic oxidation sites excluding steroid dienone is 2. The van der Waals surface area contributed by atoms with Gasteiger partial charge in [-0.15, -0.1) is 0 Å². The molecule has 1 saturated carbocycles. The third-order valence-corrected chi connectivity index (χ3v) is 7.70. The van der Waals surface area contributed by atoms with Crippen LogP contribution in [-0.2, 0) is 32.3 Å². The normalized spacial score (nSPS) is 31.5. The van der Waals surface area contributed by atoms with Gasteiger partial charge in [0.05, 0.1) is 36.8 Å². The molecule has 8 heteroatoms. The van der Waals surface area contributed by atoms with E-state index in [0.29, 0.717) is 11.1 Å². The third-order valence-electron chi connectivity index (χ3n) is 7.70. The van der Waals surface area contributed by atoms with E-state index in [9.17, 15) is 28.0 Å². The van der Waals surface area contributed by atoms with Crippen molar-refractivity contribution in [3.05, 3.63) is 83.4 Å². The van der Waals surface area contributed by atoms with Gasteiger partial charge in [0.1, 0.15) is 11.6 Å². The van der Waals surface area contributed by atoms with Gasteiger partial charge in [0.2, 0.25) is 23.6 Å². The van der Waals surface area contributed by atoms with Crippen LogP contribution in [0.3, 0.4) is 0 Å². The van der Waals surface area contributed by atoms with Crippen LogP contribution in [0.4, 0.5) is 8.78 Å². The predicted octanol–water partition coefficient (Wildman–Crippen LogP) is 2.68. The fourth-order valence-corrected chi connectivity index (χ4v) is 6.21. The van der Waals surface area contributed by atoms with E-state index in [1.807, 2.05) is 12.2 Å². The lowest BCUT2D eigenvalue weighted by Crippen LogP contribution is -2.50. The van der Waals surface area contributed by atoms with Gasteiger partial charge in [-0.3, -0.25) is 29.0 Å². The highest BCUT2D eigenvalue weighted by atomic mass is 19.1. The van der Waals surface area contributed by atoms with E-state index in [-0.39, 0.29) is 36.7 Å². The zero-order valence-corrected chi connectivity index (χ0v) is 17.9. The quantitative estimate of drug-likeness (QED) is 0.517. The Kier molecular flexibility index (Phi) is 4.56. The second-order valence-corrected chi connectivity index (χ2v) is 9.42. The molecule has 0 N–H and O–H groups in total. The number of rotatable bonds is 4. The molecule has 2 aromatic rings. The van der Waals surface area contributed by atoms with Crippen molar-refractivity contribution in [2.24, 2.45) is 35.5 Å². The van der Waals surface area contributed by atoms with E-state index >= 15 is 0 Å². The Morgan fingerprint density at radius 2 is 0.824 bits per heavy atom. The molecule has 7 rings (SSSR count). The molecule has 6 nitrogen and oxygen atoms in total. The highest BCUT2D eigenvalue weighted by Gasteiger charge is 2.68. The Hall–Kier alpha value is -3.68. The number of carbonyl (C=O) groups excluding carboxylic acids is 4. The Morgan fingerprint density at radius 1 is 0.529 bits per heavy atom. The molecule has 2 aliphatic heterocycles. The number of likely N-dealkylation sites (tertiary alicyclic amines) is 2. The molecule has 3 aliphatic carbocycles. The Bertz CT molecular complexity index is 1120. The van der Waals surface area contributed by atoms with Gasteiger partial charge in [-0.2, -0.15) is 0 Å². The largest absolute Gasteiger partial charge is 0.278 e. The van der Waals surface area contributed by atoms with Gasteiger partial charge in [-0.1, -0.05) is 36.4 Å². The summed E-state index contributed by atoms with van der Waals surface area (Å²) in [5.74, 6) is -6.06. The molecule has 2 bridgehead atoms. The Labute approximate surface area is 193 Å². The minimum atomic E-state index is -0.688. The highest BCUT2D eigenvalue weighted by Crippen LogP contribution is 2.58. The molecule has 2 aromatic carbocycles. The molecule has 2 heterocycles. The fourth-order valence-electron chi connectivity index (χ4n) is 6.21. The van der Waals surface area contributed by atoms with Crippen LogP contribution in [0, 0.1) is 47.1 Å². The average molecular weight is 462 g/mol. The van der Waals surface area contributed by atoms with Crippen LogP contribution in [0.5, 0.6) is 0 Å². The maximum atomic E-state index is 13.3. The van der Waals surface area contributed by atoms with Gasteiger partial charge in [0.25, 0.3) is 0 Å². The molecule has 172 valence electrons. The first-order valence-electron chi connectivity index (χ1n) is 11.2. The Morgan fingerprint density at radius 3 is 1.12 bits per heavy atom. The first-order chi connectivity index (χ1) is 16.3. The molecular formula is C26H20F2N2O4. The van der Waals surface area contributed by atoms with Gasteiger partial charge in [-0.05, 0) is 35.4 Å². The van der Waals surface area contributed by atoms with Crippen molar-refractivity contribution in [2.75, 3.05) is 0 Å². The third kappa shape index (κ3) is 2.90. The zero-order valence-electron chi connectivity index (χ0n) is 17.9. The minimum absolute atomic E-state index is 0.0261. The predicted molar refractivity (Wildman–Crippen MR) is 114 cm³/mol. The summed E-state index contributed by atoms with van der Waals surface area (Å²) >= 11 is 0. The molecule has 0 aromatic heterocycles. The maximum Gasteiger partial charge on any atom is 0.234 e. The van der Waals surface area contributed by atoms with Crippen LogP contribution in [0.2, 0.25) is 0 Å². The van der Waals surface area contributed by atoms with Crippen molar-refractivity contribution < 1.29 is 28.0 Å². The van der Waals surface area contributed by atoms with E-state index in [1.54, 1.807) is 0 Å². The van der Waals surface area contributed by atoms with Crippen molar-refractivity contribution in [1.29, 1.82) is 0 Å². The zero-order chi connectivity index (χ0) is 23.7. The van der Waals surface area contributed by atoms with Gasteiger partial charge >= 0.3 is 0 Å². The van der Waals surface area contributed by atoms with Crippen LogP contribution >= 0.6 is 0 Å². The summed E-state index contributed by atoms with van der Waals surface area (Å²) < 4.78 is 26.5. The van der Waals surface area contributed by atoms with Crippen LogP contribution < -0.4 is 0 Å². The van der Waals surface area contributed by atoms with E-state index < -0.39 is 47.1 Å². The van der Waals surface area contributed by atoms with Crippen molar-refractivity contribution in [3.8, 4) is 0 Å². The average Bonchev–Trinajstić information content (AvgIpc) is 3.25. The first kappa shape index (κ1) is 20.9. The van der Waals surface area contributed by atoms with E-state index in [1.165, 1.54) is 58.3 Å². The van der Waals surface area contributed by atoms with E-state index in [0.717, 1.165) is 0 Å². The lowest BCUT2D eigenvalue weighted by molar-refractivity contribution is -0.140. The number of nitrogens with zero attached hydrogens (tertiary/aromatic N) is 2. The summed E-state index contributed by atoms with van der Waals surface area (Å²) in [6.45, 7) is 0.0522. The summed E-state index contributed by atoms with van der Waals surface area (Å²) in [7, 11) is 0. The number of halogens is 2. The molecular weight excluding hydrogens is 442 g/mol. The second kappa shape index (κ2) is 7.41. The molecule has 34 heavy (non-hydrogen) atoms. The molecule has 0 spiro atoms. The molecule has 6 atom stereocenters. The van der Waals surface area contributed by atoms with Gasteiger partial charge < -0.3 is 0 Å². The summed E-state index contributed by atoms with van der Waals surface area (Å²) in [5, 5.41) is 0. The van der Waals surface area contributed by atoms with Gasteiger partial charge in [-0.25, -0.2) is 8.78 Å². The SMILES string of the molecule is O=C1[C@@H]2C3C=CC([C@@H]2C(=O)N1Cc1ccc(F)cc1)[C@@H]1C(=O)N(Cc2ccc(F)cc2)C(=O)[C@@H]31. The highest BCUT2D eigenvalue weighted by molar-refractivity contribution is 6.10. The van der Waals surface area contributed by atoms with Crippen molar-refractivity contribution >= 4 is 23.6 Å². The molecule has 3 fully saturated rings. The topological polar surface area (TPSA) is 74.8 Å². The molecule has 5 aliphatic rings. The molecule has 2 saturated heterocycles. The van der Waals surface area contributed by atoms with Crippen molar-refractivity contribution in [1.82, 2.24) is 9.80 Å². The smallest absolute Gasteiger partial charge is 0.234 e. The fraction of sp³-hybridized carbons (Fsp3) is 0.308. The number of benzene rings is 2. The number of imide groups is 2. The summed E-state index contributed by atoms with van der Waals surface area (Å²) in [5.41, 5.74) is 1.25. The number of hydrogen-bond acceptors (Lipinski definition) is 4. The van der Waals surface area contributed by atoms with Crippen LogP contribution in [0.15, 0.2) is 60.7 Å². The van der Waals surface area contributed by atoms with Crippen LogP contribution in [0.1, 0.15) is 11.1 Å². The summed E-state index contributed by atoms with van der Waals surface area (Å²) in [6, 6.07) is 11.2. The summed E-state index contributed by atoms with van der Waals surface area (Å²) in [6.07, 6.45) is 3.62. The van der Waals surface area contributed by atoms with Crippen molar-refractivity contribution in [2.45, 2.75) is 13.1 Å². The van der Waals surface area contributed by atoms with Gasteiger partial charge in [0.15, 0.2) is 0 Å². The second-order valence-electron chi connectivity index (χ2n) is 9.42. The monoisotopic (exact) mass is 462 g/mol. The lowest BCUT2D eigenvalue weighted by atomic mass is 9.54. The summed E-state index contributed by atoms with van der Waals surface area (Å²) in [4.78, 5) is 55.7. The van der Waals surface area contributed by atoms with Gasteiger partial charge in [0, 0.05) is 11.8 Å². The first-order valence-corrected chi connectivity index (χ1v) is 11.2. The molecule has 4 amide bonds. The number of hydrogen-bond donors (Lipinski definition) is 0. The van der Waals surface area contributed by atoms with Crippen LogP contribution in [-0.4, -0.2) is 33.4 Å². The standard InChI is InChI=1S/C26H20F2N2O4/c27-15-5-1-13(2-6-15)11-29-23(31)19-17-9-10-18(20(19)24(29)32)22-21(17)25(33)30(26(22)34)12-14-3-7-16(28)8-4-14/h1-10,17-22H,11-12H2/t17?,18?,19-,20-,21-,22+/m0/s1. The Balaban J connectivity index is 1.28. The lowest BCUT2D eigenvalue weighted by Gasteiger charge is -2.44. The maximum absolute atomic E-state index is 13.3. The number of amides is 4. The van der Waals surface area contributed by atoms with E-state index in [2.05, 4.69) is 0 Å². The number of carbonyl (C=O) groups is 4. The van der Waals surface area contributed by atoms with Crippen molar-refractivity contribution in [3.63, 3.8) is 0 Å². The van der Waals surface area contributed by atoms with E-state index in [4.69, 9.17) is 0 Å². The van der Waals surface area contributed by atoms with Crippen LogP contribution in [0.25, 0.3) is 0 Å². The molecule has 0 radical (unpaired) electrons.